The van der Waals surface area contributed by atoms with Gasteiger partial charge in [-0.3, -0.25) is 9.89 Å². The number of nitrogens with one attached hydrogen (secondary N) is 2. The van der Waals surface area contributed by atoms with E-state index in [2.05, 4.69) is 15.5 Å². The number of hydrogen-bond acceptors (Lipinski definition) is 3. The van der Waals surface area contributed by atoms with Crippen LogP contribution in [0.15, 0.2) is 36.7 Å². The molecule has 0 aliphatic rings. The van der Waals surface area contributed by atoms with Crippen molar-refractivity contribution in [3.05, 3.63) is 47.8 Å². The zero-order chi connectivity index (χ0) is 12.3. The van der Waals surface area contributed by atoms with Crippen molar-refractivity contribution in [3.63, 3.8) is 0 Å². The molecule has 1 atom stereocenters. The second-order valence-corrected chi connectivity index (χ2v) is 3.85. The molecule has 0 saturated heterocycles. The summed E-state index contributed by atoms with van der Waals surface area (Å²) < 4.78 is 0. The van der Waals surface area contributed by atoms with Crippen LogP contribution >= 0.6 is 0 Å². The molecule has 0 aliphatic carbocycles. The zero-order valence-electron chi connectivity index (χ0n) is 9.47. The van der Waals surface area contributed by atoms with Crippen LogP contribution in [0, 0.1) is 0 Å². The summed E-state index contributed by atoms with van der Waals surface area (Å²) in [6.45, 7) is 1.90. The van der Waals surface area contributed by atoms with Crippen molar-refractivity contribution in [1.82, 2.24) is 15.5 Å². The lowest BCUT2D eigenvalue weighted by Crippen LogP contribution is -2.26. The summed E-state index contributed by atoms with van der Waals surface area (Å²) in [7, 11) is 0. The Labute approximate surface area is 99.0 Å². The predicted molar refractivity (Wildman–Crippen MR) is 65.3 cm³/mol. The Morgan fingerprint density at radius 3 is 3.00 bits per heavy atom. The normalized spacial score (nSPS) is 12.1. The molecule has 2 rings (SSSR count). The molecule has 0 saturated carbocycles. The summed E-state index contributed by atoms with van der Waals surface area (Å²) >= 11 is 0. The molecule has 1 unspecified atom stereocenters. The minimum atomic E-state index is -0.147. The molecule has 5 heteroatoms. The third-order valence-electron chi connectivity index (χ3n) is 2.52. The van der Waals surface area contributed by atoms with Crippen LogP contribution in [-0.4, -0.2) is 16.1 Å². The molecular formula is C12H14N4O. The fourth-order valence-electron chi connectivity index (χ4n) is 1.54. The van der Waals surface area contributed by atoms with Gasteiger partial charge < -0.3 is 11.1 Å². The number of H-pyrrole nitrogens is 1. The summed E-state index contributed by atoms with van der Waals surface area (Å²) in [5.74, 6) is -0.147. The van der Waals surface area contributed by atoms with Crippen LogP contribution in [0.4, 0.5) is 5.69 Å². The molecule has 88 valence electrons. The minimum Gasteiger partial charge on any atom is -0.399 e. The van der Waals surface area contributed by atoms with E-state index in [1.165, 1.54) is 0 Å². The number of benzene rings is 1. The second kappa shape index (κ2) is 4.69. The second-order valence-electron chi connectivity index (χ2n) is 3.85. The van der Waals surface area contributed by atoms with Crippen LogP contribution in [0.2, 0.25) is 0 Å². The van der Waals surface area contributed by atoms with Crippen molar-refractivity contribution in [2.45, 2.75) is 13.0 Å². The van der Waals surface area contributed by atoms with E-state index in [9.17, 15) is 4.79 Å². The summed E-state index contributed by atoms with van der Waals surface area (Å²) in [5, 5.41) is 9.42. The van der Waals surface area contributed by atoms with Gasteiger partial charge in [0, 0.05) is 23.0 Å². The topological polar surface area (TPSA) is 83.8 Å². The number of aromatic nitrogens is 2. The van der Waals surface area contributed by atoms with E-state index >= 15 is 0 Å². The van der Waals surface area contributed by atoms with Crippen molar-refractivity contribution < 1.29 is 4.79 Å². The first-order valence-corrected chi connectivity index (χ1v) is 5.32. The summed E-state index contributed by atoms with van der Waals surface area (Å²) in [6.07, 6.45) is 3.44. The molecule has 0 aliphatic heterocycles. The Bertz CT molecular complexity index is 507. The van der Waals surface area contributed by atoms with E-state index in [-0.39, 0.29) is 11.9 Å². The van der Waals surface area contributed by atoms with Crippen LogP contribution < -0.4 is 11.1 Å². The molecule has 4 N–H and O–H groups in total. The van der Waals surface area contributed by atoms with Crippen molar-refractivity contribution in [2.75, 3.05) is 5.73 Å². The van der Waals surface area contributed by atoms with Gasteiger partial charge in [0.15, 0.2) is 0 Å². The molecule has 5 nitrogen and oxygen atoms in total. The maximum Gasteiger partial charge on any atom is 0.251 e. The lowest BCUT2D eigenvalue weighted by Gasteiger charge is -2.12. The van der Waals surface area contributed by atoms with Crippen LogP contribution in [0.3, 0.4) is 0 Å². The number of carbonyl (C=O) groups excluding carboxylic acids is 1. The van der Waals surface area contributed by atoms with Gasteiger partial charge in [-0.1, -0.05) is 6.07 Å². The van der Waals surface area contributed by atoms with Gasteiger partial charge >= 0.3 is 0 Å². The van der Waals surface area contributed by atoms with E-state index in [0.29, 0.717) is 11.3 Å². The van der Waals surface area contributed by atoms with E-state index in [1.54, 1.807) is 36.7 Å². The molecule has 1 heterocycles. The van der Waals surface area contributed by atoms with E-state index in [1.807, 2.05) is 6.92 Å². The molecule has 0 bridgehead atoms. The number of hydrogen-bond donors (Lipinski definition) is 3. The standard InChI is InChI=1S/C12H14N4O/c1-8(10-6-14-15-7-10)16-12(17)9-3-2-4-11(13)5-9/h2-8H,13H2,1H3,(H,14,15)(H,16,17). The Balaban J connectivity index is 2.07. The average molecular weight is 230 g/mol. The molecule has 17 heavy (non-hydrogen) atoms. The highest BCUT2D eigenvalue weighted by Crippen LogP contribution is 2.12. The van der Waals surface area contributed by atoms with Crippen LogP contribution in [0.5, 0.6) is 0 Å². The fourth-order valence-corrected chi connectivity index (χ4v) is 1.54. The first kappa shape index (κ1) is 11.2. The van der Waals surface area contributed by atoms with E-state index in [0.717, 1.165) is 5.56 Å². The number of nitrogens with two attached hydrogens (primary N) is 1. The predicted octanol–water partition coefficient (Wildman–Crippen LogP) is 1.48. The number of amides is 1. The molecule has 0 radical (unpaired) electrons. The first-order valence-electron chi connectivity index (χ1n) is 5.32. The average Bonchev–Trinajstić information content (AvgIpc) is 2.82. The highest BCUT2D eigenvalue weighted by Gasteiger charge is 2.11. The molecule has 1 amide bonds. The number of nitrogens with zero attached hydrogens (tertiary/aromatic N) is 1. The van der Waals surface area contributed by atoms with Crippen molar-refractivity contribution in [1.29, 1.82) is 0 Å². The van der Waals surface area contributed by atoms with Gasteiger partial charge in [-0.2, -0.15) is 5.10 Å². The number of anilines is 1. The molecular weight excluding hydrogens is 216 g/mol. The lowest BCUT2D eigenvalue weighted by molar-refractivity contribution is 0.0940. The van der Waals surface area contributed by atoms with E-state index < -0.39 is 0 Å². The Morgan fingerprint density at radius 1 is 1.53 bits per heavy atom. The van der Waals surface area contributed by atoms with Gasteiger partial charge in [-0.05, 0) is 25.1 Å². The maximum absolute atomic E-state index is 11.9. The van der Waals surface area contributed by atoms with Crippen molar-refractivity contribution in [3.8, 4) is 0 Å². The highest BCUT2D eigenvalue weighted by molar-refractivity contribution is 5.95. The number of aromatic amines is 1. The van der Waals surface area contributed by atoms with Gasteiger partial charge in [0.2, 0.25) is 0 Å². The minimum absolute atomic E-state index is 0.0947. The lowest BCUT2D eigenvalue weighted by atomic mass is 10.1. The molecule has 1 aromatic heterocycles. The van der Waals surface area contributed by atoms with Gasteiger partial charge in [0.1, 0.15) is 0 Å². The van der Waals surface area contributed by atoms with Crippen LogP contribution in [0.1, 0.15) is 28.9 Å². The molecule has 2 aromatic rings. The molecule has 0 fully saturated rings. The number of carbonyl (C=O) groups is 1. The fraction of sp³-hybridized carbons (Fsp3) is 0.167. The van der Waals surface area contributed by atoms with Gasteiger partial charge in [-0.15, -0.1) is 0 Å². The highest BCUT2D eigenvalue weighted by atomic mass is 16.1. The third kappa shape index (κ3) is 2.63. The van der Waals surface area contributed by atoms with Gasteiger partial charge in [0.25, 0.3) is 5.91 Å². The number of nitrogen functional groups attached to an aromatic ring is 1. The third-order valence-corrected chi connectivity index (χ3v) is 2.52. The summed E-state index contributed by atoms with van der Waals surface area (Å²) in [5.41, 5.74) is 7.69. The Hall–Kier alpha value is -2.30. The van der Waals surface area contributed by atoms with E-state index in [4.69, 9.17) is 5.73 Å². The largest absolute Gasteiger partial charge is 0.399 e. The quantitative estimate of drug-likeness (QED) is 0.698. The molecule has 0 spiro atoms. The van der Waals surface area contributed by atoms with Gasteiger partial charge in [0.05, 0.1) is 12.2 Å². The van der Waals surface area contributed by atoms with Crippen LogP contribution in [0.25, 0.3) is 0 Å². The Kier molecular flexibility index (Phi) is 3.09. The maximum atomic E-state index is 11.9. The van der Waals surface area contributed by atoms with Crippen LogP contribution in [-0.2, 0) is 0 Å². The van der Waals surface area contributed by atoms with Crippen molar-refractivity contribution >= 4 is 11.6 Å². The molecule has 1 aromatic carbocycles. The first-order chi connectivity index (χ1) is 8.16. The summed E-state index contributed by atoms with van der Waals surface area (Å²) in [6, 6.07) is 6.79. The van der Waals surface area contributed by atoms with Gasteiger partial charge in [-0.25, -0.2) is 0 Å². The number of rotatable bonds is 3. The zero-order valence-corrected chi connectivity index (χ0v) is 9.47. The SMILES string of the molecule is CC(NC(=O)c1cccc(N)c1)c1cn[nH]c1. The van der Waals surface area contributed by atoms with Crippen molar-refractivity contribution in [2.24, 2.45) is 0 Å². The monoisotopic (exact) mass is 230 g/mol. The summed E-state index contributed by atoms with van der Waals surface area (Å²) in [4.78, 5) is 11.9. The Morgan fingerprint density at radius 2 is 2.35 bits per heavy atom. The smallest absolute Gasteiger partial charge is 0.251 e.